The molecule has 1 aliphatic carbocycles. The normalized spacial score (nSPS) is 24.0. The van der Waals surface area contributed by atoms with Gasteiger partial charge in [0.05, 0.1) is 10.4 Å². The average molecular weight is 87.2 g/mol. The van der Waals surface area contributed by atoms with Gasteiger partial charge < -0.3 is 4.98 Å². The zero-order valence-corrected chi connectivity index (χ0v) is 5.49. The van der Waals surface area contributed by atoms with E-state index in [9.17, 15) is 0 Å². The average Bonchev–Trinajstić information content (AvgIpc) is 2.12. The first-order chi connectivity index (χ1) is 2.43. The van der Waals surface area contributed by atoms with Crippen molar-refractivity contribution in [1.29, 1.82) is 0 Å². The molecular weight excluding hydrogens is 78.1 g/mol. The molecule has 30 valence electrons. The van der Waals surface area contributed by atoms with Crippen molar-refractivity contribution in [3.63, 3.8) is 0 Å². The van der Waals surface area contributed by atoms with E-state index in [1.165, 1.54) is 23.2 Å². The Balaban J connectivity index is 2.00. The molecule has 0 heterocycles. The summed E-state index contributed by atoms with van der Waals surface area (Å²) >= 11 is 0. The summed E-state index contributed by atoms with van der Waals surface area (Å²) in [5.74, 6) is 0. The van der Waals surface area contributed by atoms with E-state index < -0.39 is 0 Å². The molecule has 1 rings (SSSR count). The molecule has 0 unspecified atom stereocenters. The summed E-state index contributed by atoms with van der Waals surface area (Å²) in [7, 11) is 1.19. The van der Waals surface area contributed by atoms with E-state index in [1.54, 1.807) is 0 Å². The van der Waals surface area contributed by atoms with Crippen LogP contribution in [0.4, 0.5) is 0 Å². The van der Waals surface area contributed by atoms with E-state index in [2.05, 4.69) is 4.98 Å². The van der Waals surface area contributed by atoms with Crippen molar-refractivity contribution >= 4 is 10.4 Å². The minimum Gasteiger partial charge on any atom is -0.343 e. The zero-order chi connectivity index (χ0) is 3.70. The van der Waals surface area contributed by atoms with Gasteiger partial charge in [-0.1, -0.05) is 0 Å². The summed E-state index contributed by atoms with van der Waals surface area (Å²) in [5.41, 5.74) is 0. The van der Waals surface area contributed by atoms with Crippen molar-refractivity contribution in [2.24, 2.45) is 0 Å². The van der Waals surface area contributed by atoms with Crippen LogP contribution >= 0.6 is 0 Å². The highest BCUT2D eigenvalue weighted by Gasteiger charge is 2.16. The van der Waals surface area contributed by atoms with Crippen molar-refractivity contribution in [2.75, 3.05) is 0 Å². The molecule has 1 N–H and O–H groups in total. The third kappa shape index (κ3) is 0.739. The largest absolute Gasteiger partial charge is 0.343 e. The Morgan fingerprint density at radius 3 is 2.20 bits per heavy atom. The minimum absolute atomic E-state index is 0.946. The topological polar surface area (TPSA) is 12.0 Å². The summed E-state index contributed by atoms with van der Waals surface area (Å²) in [6.07, 6.45) is 2.87. The molecule has 0 aromatic carbocycles. The third-order valence-corrected chi connectivity index (χ3v) is 1.80. The van der Waals surface area contributed by atoms with Crippen LogP contribution in [0.15, 0.2) is 0 Å². The van der Waals surface area contributed by atoms with Crippen LogP contribution in [0, 0.1) is 0 Å². The van der Waals surface area contributed by atoms with Gasteiger partial charge in [-0.05, 0) is 18.9 Å². The number of nitrogens with one attached hydrogen (secondary N) is 1. The lowest BCUT2D eigenvalue weighted by molar-refractivity contribution is 0.956. The van der Waals surface area contributed by atoms with Crippen LogP contribution in [-0.4, -0.2) is 16.4 Å². The predicted molar refractivity (Wildman–Crippen MR) is 26.1 cm³/mol. The van der Waals surface area contributed by atoms with Gasteiger partial charge in [0.2, 0.25) is 0 Å². The Hall–Kier alpha value is 0.177. The lowest BCUT2D eigenvalue weighted by atomic mass is 10.8. The zero-order valence-electron chi connectivity index (χ0n) is 3.49. The fourth-order valence-electron chi connectivity index (χ4n) is 0.372. The van der Waals surface area contributed by atoms with Crippen molar-refractivity contribution in [3.05, 3.63) is 0 Å². The molecule has 1 aliphatic rings. The summed E-state index contributed by atoms with van der Waals surface area (Å²) < 4.78 is 0. The van der Waals surface area contributed by atoms with Gasteiger partial charge in [0.25, 0.3) is 0 Å². The summed E-state index contributed by atoms with van der Waals surface area (Å²) in [6, 6.07) is 0.946. The van der Waals surface area contributed by atoms with E-state index >= 15 is 0 Å². The molecule has 0 saturated heterocycles. The maximum Gasteiger partial charge on any atom is 0.0752 e. The molecule has 0 aromatic heterocycles. The SMILES string of the molecule is [SiH3]NC1CC1. The monoisotopic (exact) mass is 87.1 g/mol. The van der Waals surface area contributed by atoms with E-state index in [0.29, 0.717) is 0 Å². The van der Waals surface area contributed by atoms with Crippen LogP contribution in [0.5, 0.6) is 0 Å². The van der Waals surface area contributed by atoms with Crippen molar-refractivity contribution < 1.29 is 0 Å². The highest BCUT2D eigenvalue weighted by molar-refractivity contribution is 6.04. The fourth-order valence-corrected chi connectivity index (χ4v) is 0.949. The van der Waals surface area contributed by atoms with Crippen LogP contribution in [0.1, 0.15) is 12.8 Å². The Morgan fingerprint density at radius 1 is 1.60 bits per heavy atom. The number of hydrogen-bond donors (Lipinski definition) is 1. The van der Waals surface area contributed by atoms with Crippen molar-refractivity contribution in [1.82, 2.24) is 4.98 Å². The first-order valence-electron chi connectivity index (χ1n) is 2.11. The third-order valence-electron chi connectivity index (χ3n) is 0.986. The van der Waals surface area contributed by atoms with Gasteiger partial charge in [-0.2, -0.15) is 0 Å². The number of hydrogen-bond acceptors (Lipinski definition) is 1. The second-order valence-electron chi connectivity index (χ2n) is 1.56. The van der Waals surface area contributed by atoms with Crippen LogP contribution in [-0.2, 0) is 0 Å². The molecule has 1 fully saturated rings. The van der Waals surface area contributed by atoms with Gasteiger partial charge >= 0.3 is 0 Å². The van der Waals surface area contributed by atoms with E-state index in [1.807, 2.05) is 0 Å². The van der Waals surface area contributed by atoms with Crippen molar-refractivity contribution in [2.45, 2.75) is 18.9 Å². The molecule has 5 heavy (non-hydrogen) atoms. The van der Waals surface area contributed by atoms with Gasteiger partial charge in [0, 0.05) is 0 Å². The molecule has 1 saturated carbocycles. The summed E-state index contributed by atoms with van der Waals surface area (Å²) in [6.45, 7) is 0. The maximum absolute atomic E-state index is 3.28. The van der Waals surface area contributed by atoms with Gasteiger partial charge in [-0.15, -0.1) is 0 Å². The molecule has 0 atom stereocenters. The fraction of sp³-hybridized carbons (Fsp3) is 1.00. The molecule has 0 radical (unpaired) electrons. The van der Waals surface area contributed by atoms with Crippen molar-refractivity contribution in [3.8, 4) is 0 Å². The lowest BCUT2D eigenvalue weighted by Gasteiger charge is -1.80. The van der Waals surface area contributed by atoms with E-state index in [-0.39, 0.29) is 0 Å². The molecule has 0 aromatic rings. The Bertz CT molecular complexity index is 33.9. The van der Waals surface area contributed by atoms with E-state index in [4.69, 9.17) is 0 Å². The molecule has 0 amide bonds. The van der Waals surface area contributed by atoms with Crippen LogP contribution in [0.25, 0.3) is 0 Å². The quantitative estimate of drug-likeness (QED) is 0.405. The standard InChI is InChI=1S/C3H9NSi/c5-4-3-1-2-3/h3-4H,1-2H2,5H3. The molecular formula is C3H9NSi. The second-order valence-corrected chi connectivity index (χ2v) is 2.14. The van der Waals surface area contributed by atoms with Gasteiger partial charge in [-0.25, -0.2) is 0 Å². The first kappa shape index (κ1) is 3.37. The Labute approximate surface area is 35.3 Å². The van der Waals surface area contributed by atoms with Crippen LogP contribution in [0.3, 0.4) is 0 Å². The smallest absolute Gasteiger partial charge is 0.0752 e. The predicted octanol–water partition coefficient (Wildman–Crippen LogP) is -0.981. The molecule has 0 bridgehead atoms. The van der Waals surface area contributed by atoms with E-state index in [0.717, 1.165) is 6.04 Å². The maximum atomic E-state index is 3.28. The summed E-state index contributed by atoms with van der Waals surface area (Å²) in [5, 5.41) is 0. The molecule has 0 aliphatic heterocycles. The van der Waals surface area contributed by atoms with Gasteiger partial charge in [-0.3, -0.25) is 0 Å². The molecule has 2 heteroatoms. The second kappa shape index (κ2) is 1.10. The Morgan fingerprint density at radius 2 is 2.20 bits per heavy atom. The highest BCUT2D eigenvalue weighted by Crippen LogP contribution is 2.16. The minimum atomic E-state index is 0.946. The highest BCUT2D eigenvalue weighted by atomic mass is 28.2. The first-order valence-corrected chi connectivity index (χ1v) is 3.11. The lowest BCUT2D eigenvalue weighted by Crippen LogP contribution is -2.09. The van der Waals surface area contributed by atoms with Crippen LogP contribution < -0.4 is 4.98 Å². The molecule has 0 spiro atoms. The number of rotatable bonds is 1. The van der Waals surface area contributed by atoms with Crippen LogP contribution in [0.2, 0.25) is 0 Å². The summed E-state index contributed by atoms with van der Waals surface area (Å²) in [4.78, 5) is 3.28. The molecule has 1 nitrogen and oxygen atoms in total. The van der Waals surface area contributed by atoms with Gasteiger partial charge in [0.1, 0.15) is 0 Å². The Kier molecular flexibility index (Phi) is 0.745. The van der Waals surface area contributed by atoms with Gasteiger partial charge in [0.15, 0.2) is 0 Å².